The van der Waals surface area contributed by atoms with Crippen molar-refractivity contribution >= 4 is 21.8 Å². The van der Waals surface area contributed by atoms with Gasteiger partial charge in [0.25, 0.3) is 5.91 Å². The van der Waals surface area contributed by atoms with Gasteiger partial charge in [0.15, 0.2) is 0 Å². The molecule has 5 heteroatoms. The minimum absolute atomic E-state index is 0.00681. The Morgan fingerprint density at radius 1 is 1.53 bits per heavy atom. The number of hydrogen-bond acceptors (Lipinski definition) is 3. The molecule has 1 aromatic heterocycles. The Morgan fingerprint density at radius 2 is 2.35 bits per heavy atom. The number of piperidine rings is 1. The SMILES string of the molecule is NCC1CCCCN1C(=O)c1ccc(Br)cn1. The first-order valence-corrected chi connectivity index (χ1v) is 6.64. The number of aromatic nitrogens is 1. The van der Waals surface area contributed by atoms with Gasteiger partial charge in [0, 0.05) is 29.8 Å². The third-order valence-corrected chi connectivity index (χ3v) is 3.58. The van der Waals surface area contributed by atoms with E-state index in [0.29, 0.717) is 12.2 Å². The average molecular weight is 298 g/mol. The number of halogens is 1. The van der Waals surface area contributed by atoms with Gasteiger partial charge in [-0.25, -0.2) is 4.98 Å². The molecule has 1 aliphatic heterocycles. The van der Waals surface area contributed by atoms with Crippen molar-refractivity contribution in [1.29, 1.82) is 0 Å². The summed E-state index contributed by atoms with van der Waals surface area (Å²) in [6.45, 7) is 1.32. The number of nitrogens with zero attached hydrogens (tertiary/aromatic N) is 2. The maximum Gasteiger partial charge on any atom is 0.272 e. The van der Waals surface area contributed by atoms with Gasteiger partial charge in [-0.1, -0.05) is 0 Å². The standard InChI is InChI=1S/C12H16BrN3O/c13-9-4-5-11(15-8-9)12(17)16-6-2-1-3-10(16)7-14/h4-5,8,10H,1-3,6-7,14H2. The van der Waals surface area contributed by atoms with Gasteiger partial charge in [-0.15, -0.1) is 0 Å². The molecule has 0 spiro atoms. The molecule has 2 rings (SSSR count). The minimum atomic E-state index is -0.00681. The third kappa shape index (κ3) is 2.84. The van der Waals surface area contributed by atoms with Gasteiger partial charge in [-0.3, -0.25) is 4.79 Å². The van der Waals surface area contributed by atoms with E-state index in [0.717, 1.165) is 30.3 Å². The molecule has 2 N–H and O–H groups in total. The van der Waals surface area contributed by atoms with Crippen molar-refractivity contribution in [2.45, 2.75) is 25.3 Å². The number of likely N-dealkylation sites (tertiary alicyclic amines) is 1. The summed E-state index contributed by atoms with van der Waals surface area (Å²) in [5.74, 6) is -0.00681. The third-order valence-electron chi connectivity index (χ3n) is 3.11. The zero-order valence-electron chi connectivity index (χ0n) is 9.60. The largest absolute Gasteiger partial charge is 0.333 e. The van der Waals surface area contributed by atoms with Crippen molar-refractivity contribution in [3.63, 3.8) is 0 Å². The normalized spacial score (nSPS) is 20.4. The molecule has 17 heavy (non-hydrogen) atoms. The van der Waals surface area contributed by atoms with Crippen LogP contribution in [0.25, 0.3) is 0 Å². The number of pyridine rings is 1. The molecule has 0 saturated carbocycles. The van der Waals surface area contributed by atoms with Gasteiger partial charge in [0.2, 0.25) is 0 Å². The summed E-state index contributed by atoms with van der Waals surface area (Å²) >= 11 is 3.31. The summed E-state index contributed by atoms with van der Waals surface area (Å²) in [6, 6.07) is 3.75. The summed E-state index contributed by atoms with van der Waals surface area (Å²) in [5.41, 5.74) is 6.21. The van der Waals surface area contributed by atoms with Crippen LogP contribution in [0.5, 0.6) is 0 Å². The lowest BCUT2D eigenvalue weighted by Gasteiger charge is -2.34. The fourth-order valence-corrected chi connectivity index (χ4v) is 2.40. The summed E-state index contributed by atoms with van der Waals surface area (Å²) in [6.07, 6.45) is 4.85. The van der Waals surface area contributed by atoms with Crippen LogP contribution in [-0.2, 0) is 0 Å². The van der Waals surface area contributed by atoms with Crippen molar-refractivity contribution in [1.82, 2.24) is 9.88 Å². The van der Waals surface area contributed by atoms with E-state index in [9.17, 15) is 4.79 Å². The summed E-state index contributed by atoms with van der Waals surface area (Å²) < 4.78 is 0.878. The highest BCUT2D eigenvalue weighted by Gasteiger charge is 2.26. The van der Waals surface area contributed by atoms with Crippen LogP contribution in [0.2, 0.25) is 0 Å². The van der Waals surface area contributed by atoms with Crippen LogP contribution in [0.4, 0.5) is 0 Å². The molecule has 1 aromatic rings. The molecule has 0 aliphatic carbocycles. The molecule has 1 unspecified atom stereocenters. The molecular weight excluding hydrogens is 282 g/mol. The number of carbonyl (C=O) groups excluding carboxylic acids is 1. The lowest BCUT2D eigenvalue weighted by Crippen LogP contribution is -2.47. The Morgan fingerprint density at radius 3 is 3.00 bits per heavy atom. The first-order valence-electron chi connectivity index (χ1n) is 5.85. The predicted molar refractivity (Wildman–Crippen MR) is 69.7 cm³/mol. The predicted octanol–water partition coefficient (Wildman–Crippen LogP) is 1.80. The van der Waals surface area contributed by atoms with Crippen LogP contribution in [-0.4, -0.2) is 34.9 Å². The van der Waals surface area contributed by atoms with E-state index in [2.05, 4.69) is 20.9 Å². The van der Waals surface area contributed by atoms with Gasteiger partial charge >= 0.3 is 0 Å². The molecule has 4 nitrogen and oxygen atoms in total. The summed E-state index contributed by atoms with van der Waals surface area (Å²) in [4.78, 5) is 18.3. The Bertz CT molecular complexity index is 393. The van der Waals surface area contributed by atoms with Gasteiger partial charge in [0.1, 0.15) is 5.69 Å². The number of nitrogens with two attached hydrogens (primary N) is 1. The van der Waals surface area contributed by atoms with E-state index in [4.69, 9.17) is 5.73 Å². The number of rotatable bonds is 2. The zero-order valence-corrected chi connectivity index (χ0v) is 11.2. The molecular formula is C12H16BrN3O. The number of amides is 1. The second kappa shape index (κ2) is 5.60. The highest BCUT2D eigenvalue weighted by atomic mass is 79.9. The minimum Gasteiger partial charge on any atom is -0.333 e. The Kier molecular flexibility index (Phi) is 4.12. The van der Waals surface area contributed by atoms with Gasteiger partial charge in [-0.05, 0) is 47.3 Å². The number of hydrogen-bond donors (Lipinski definition) is 1. The monoisotopic (exact) mass is 297 g/mol. The van der Waals surface area contributed by atoms with E-state index >= 15 is 0 Å². The number of carbonyl (C=O) groups is 1. The van der Waals surface area contributed by atoms with Crippen LogP contribution in [0, 0.1) is 0 Å². The lowest BCUT2D eigenvalue weighted by molar-refractivity contribution is 0.0617. The second-order valence-electron chi connectivity index (χ2n) is 4.25. The molecule has 0 aromatic carbocycles. The Hall–Kier alpha value is -0.940. The second-order valence-corrected chi connectivity index (χ2v) is 5.16. The topological polar surface area (TPSA) is 59.2 Å². The van der Waals surface area contributed by atoms with E-state index < -0.39 is 0 Å². The zero-order chi connectivity index (χ0) is 12.3. The van der Waals surface area contributed by atoms with E-state index in [1.807, 2.05) is 11.0 Å². The van der Waals surface area contributed by atoms with Crippen LogP contribution >= 0.6 is 15.9 Å². The first-order chi connectivity index (χ1) is 8.22. The summed E-state index contributed by atoms with van der Waals surface area (Å²) in [7, 11) is 0. The smallest absolute Gasteiger partial charge is 0.272 e. The van der Waals surface area contributed by atoms with Crippen molar-refractivity contribution in [2.75, 3.05) is 13.1 Å². The molecule has 0 radical (unpaired) electrons. The molecule has 0 bridgehead atoms. The lowest BCUT2D eigenvalue weighted by atomic mass is 10.0. The van der Waals surface area contributed by atoms with Crippen LogP contribution in [0.3, 0.4) is 0 Å². The van der Waals surface area contributed by atoms with E-state index in [-0.39, 0.29) is 11.9 Å². The average Bonchev–Trinajstić information content (AvgIpc) is 2.39. The fourth-order valence-electron chi connectivity index (χ4n) is 2.16. The van der Waals surface area contributed by atoms with Crippen molar-refractivity contribution in [2.24, 2.45) is 5.73 Å². The Labute approximate surface area is 109 Å². The van der Waals surface area contributed by atoms with Gasteiger partial charge < -0.3 is 10.6 Å². The van der Waals surface area contributed by atoms with Crippen LogP contribution in [0.15, 0.2) is 22.8 Å². The molecule has 1 saturated heterocycles. The van der Waals surface area contributed by atoms with Crippen molar-refractivity contribution in [3.05, 3.63) is 28.5 Å². The maximum absolute atomic E-state index is 12.3. The first kappa shape index (κ1) is 12.5. The molecule has 2 heterocycles. The Balaban J connectivity index is 2.15. The fraction of sp³-hybridized carbons (Fsp3) is 0.500. The summed E-state index contributed by atoms with van der Waals surface area (Å²) in [5, 5.41) is 0. The highest BCUT2D eigenvalue weighted by molar-refractivity contribution is 9.10. The van der Waals surface area contributed by atoms with Crippen LogP contribution in [0.1, 0.15) is 29.8 Å². The molecule has 92 valence electrons. The van der Waals surface area contributed by atoms with Crippen LogP contribution < -0.4 is 5.73 Å². The molecule has 1 amide bonds. The van der Waals surface area contributed by atoms with Crippen molar-refractivity contribution in [3.8, 4) is 0 Å². The maximum atomic E-state index is 12.3. The molecule has 1 aliphatic rings. The highest BCUT2D eigenvalue weighted by Crippen LogP contribution is 2.18. The van der Waals surface area contributed by atoms with E-state index in [1.54, 1.807) is 12.3 Å². The van der Waals surface area contributed by atoms with Gasteiger partial charge in [-0.2, -0.15) is 0 Å². The van der Waals surface area contributed by atoms with E-state index in [1.165, 1.54) is 0 Å². The molecule has 1 atom stereocenters. The van der Waals surface area contributed by atoms with Gasteiger partial charge in [0.05, 0.1) is 0 Å². The van der Waals surface area contributed by atoms with Crippen molar-refractivity contribution < 1.29 is 4.79 Å². The quantitative estimate of drug-likeness (QED) is 0.905. The molecule has 1 fully saturated rings.